The van der Waals surface area contributed by atoms with E-state index in [0.717, 1.165) is 16.3 Å². The summed E-state index contributed by atoms with van der Waals surface area (Å²) in [6.45, 7) is 0. The third-order valence-corrected chi connectivity index (χ3v) is 4.34. The molecule has 0 unspecified atom stereocenters. The van der Waals surface area contributed by atoms with Crippen LogP contribution in [0.4, 0.5) is 4.39 Å². The molecule has 0 amide bonds. The number of rotatable bonds is 3. The fraction of sp³-hybridized carbons (Fsp3) is 0.0625. The van der Waals surface area contributed by atoms with Crippen molar-refractivity contribution in [2.24, 2.45) is 0 Å². The van der Waals surface area contributed by atoms with Gasteiger partial charge in [0.1, 0.15) is 16.6 Å². The minimum Gasteiger partial charge on any atom is -0.497 e. The van der Waals surface area contributed by atoms with Crippen LogP contribution in [0.15, 0.2) is 48.5 Å². The highest BCUT2D eigenvalue weighted by Gasteiger charge is 2.15. The van der Waals surface area contributed by atoms with Crippen LogP contribution in [0.5, 0.6) is 5.75 Å². The molecule has 2 heterocycles. The SMILES string of the molecule is COc1cccc(-c2nn3c(-c4cccc(F)c4)nnc3s2)c1. The van der Waals surface area contributed by atoms with Crippen LogP contribution in [0.2, 0.25) is 0 Å². The van der Waals surface area contributed by atoms with Gasteiger partial charge in [0.05, 0.1) is 7.11 Å². The molecule has 0 aliphatic rings. The summed E-state index contributed by atoms with van der Waals surface area (Å²) in [4.78, 5) is 0.655. The predicted octanol–water partition coefficient (Wildman–Crippen LogP) is 3.67. The molecule has 5 nitrogen and oxygen atoms in total. The van der Waals surface area contributed by atoms with Crippen molar-refractivity contribution in [3.63, 3.8) is 0 Å². The van der Waals surface area contributed by atoms with Gasteiger partial charge >= 0.3 is 0 Å². The van der Waals surface area contributed by atoms with Gasteiger partial charge in [0, 0.05) is 11.1 Å². The largest absolute Gasteiger partial charge is 0.497 e. The molecule has 0 bridgehead atoms. The first-order valence-electron chi connectivity index (χ1n) is 6.87. The van der Waals surface area contributed by atoms with E-state index in [4.69, 9.17) is 4.74 Å². The average molecular weight is 326 g/mol. The lowest BCUT2D eigenvalue weighted by Gasteiger charge is -2.01. The molecule has 0 fully saturated rings. The Morgan fingerprint density at radius 3 is 2.70 bits per heavy atom. The van der Waals surface area contributed by atoms with E-state index < -0.39 is 0 Å². The summed E-state index contributed by atoms with van der Waals surface area (Å²) in [5, 5.41) is 13.6. The van der Waals surface area contributed by atoms with Crippen LogP contribution in [0.1, 0.15) is 0 Å². The number of hydrogen-bond acceptors (Lipinski definition) is 5. The Hall–Kier alpha value is -2.80. The summed E-state index contributed by atoms with van der Waals surface area (Å²) < 4.78 is 20.3. The summed E-state index contributed by atoms with van der Waals surface area (Å²) in [5.74, 6) is 0.964. The van der Waals surface area contributed by atoms with E-state index in [1.165, 1.54) is 23.5 Å². The first-order chi connectivity index (χ1) is 11.2. The molecule has 0 aliphatic carbocycles. The Morgan fingerprint density at radius 1 is 1.04 bits per heavy atom. The maximum atomic E-state index is 13.4. The molecule has 0 N–H and O–H groups in total. The summed E-state index contributed by atoms with van der Waals surface area (Å²) in [6.07, 6.45) is 0. The minimum atomic E-state index is -0.317. The van der Waals surface area contributed by atoms with Crippen molar-refractivity contribution in [1.29, 1.82) is 0 Å². The molecule has 0 saturated carbocycles. The van der Waals surface area contributed by atoms with Crippen LogP contribution in [-0.4, -0.2) is 26.9 Å². The van der Waals surface area contributed by atoms with Gasteiger partial charge in [-0.05, 0) is 24.3 Å². The van der Waals surface area contributed by atoms with Gasteiger partial charge in [0.15, 0.2) is 5.82 Å². The van der Waals surface area contributed by atoms with Crippen molar-refractivity contribution in [2.75, 3.05) is 7.11 Å². The Morgan fingerprint density at radius 2 is 1.87 bits per heavy atom. The first kappa shape index (κ1) is 13.8. The van der Waals surface area contributed by atoms with Gasteiger partial charge in [-0.2, -0.15) is 9.61 Å². The van der Waals surface area contributed by atoms with Crippen LogP contribution in [0, 0.1) is 5.82 Å². The van der Waals surface area contributed by atoms with Gasteiger partial charge in [-0.25, -0.2) is 4.39 Å². The van der Waals surface area contributed by atoms with Crippen molar-refractivity contribution in [3.8, 4) is 27.7 Å². The van der Waals surface area contributed by atoms with E-state index in [1.54, 1.807) is 23.8 Å². The number of aromatic nitrogens is 4. The summed E-state index contributed by atoms with van der Waals surface area (Å²) in [7, 11) is 1.62. The highest BCUT2D eigenvalue weighted by molar-refractivity contribution is 7.19. The van der Waals surface area contributed by atoms with E-state index >= 15 is 0 Å². The zero-order valence-corrected chi connectivity index (χ0v) is 12.9. The van der Waals surface area contributed by atoms with E-state index in [2.05, 4.69) is 15.3 Å². The zero-order valence-electron chi connectivity index (χ0n) is 12.1. The highest BCUT2D eigenvalue weighted by atomic mass is 32.1. The maximum absolute atomic E-state index is 13.4. The summed E-state index contributed by atoms with van der Waals surface area (Å²) in [5.41, 5.74) is 1.57. The summed E-state index contributed by atoms with van der Waals surface area (Å²) in [6, 6.07) is 13.9. The monoisotopic (exact) mass is 326 g/mol. The fourth-order valence-electron chi connectivity index (χ4n) is 2.30. The van der Waals surface area contributed by atoms with Crippen LogP contribution in [-0.2, 0) is 0 Å². The fourth-order valence-corrected chi connectivity index (χ4v) is 3.13. The van der Waals surface area contributed by atoms with Crippen LogP contribution >= 0.6 is 11.3 Å². The predicted molar refractivity (Wildman–Crippen MR) is 86.0 cm³/mol. The molecular formula is C16H11FN4OS. The second kappa shape index (κ2) is 5.44. The minimum absolute atomic E-state index is 0.317. The number of methoxy groups -OCH3 is 1. The lowest BCUT2D eigenvalue weighted by molar-refractivity contribution is 0.415. The van der Waals surface area contributed by atoms with Crippen molar-refractivity contribution >= 4 is 16.3 Å². The van der Waals surface area contributed by atoms with Crippen LogP contribution in [0.3, 0.4) is 0 Å². The quantitative estimate of drug-likeness (QED) is 0.576. The number of halogens is 1. The molecule has 0 aliphatic heterocycles. The van der Waals surface area contributed by atoms with Crippen molar-refractivity contribution in [2.45, 2.75) is 0 Å². The van der Waals surface area contributed by atoms with E-state index in [0.29, 0.717) is 16.3 Å². The normalized spacial score (nSPS) is 11.0. The molecule has 23 heavy (non-hydrogen) atoms. The molecule has 2 aromatic carbocycles. The van der Waals surface area contributed by atoms with Crippen LogP contribution < -0.4 is 4.74 Å². The standard InChI is InChI=1S/C16H11FN4OS/c1-22-13-7-3-5-11(9-13)15-20-21-14(18-19-16(21)23-15)10-4-2-6-12(17)8-10/h2-9H,1H3. The Balaban J connectivity index is 1.83. The topological polar surface area (TPSA) is 52.3 Å². The second-order valence-electron chi connectivity index (χ2n) is 4.87. The van der Waals surface area contributed by atoms with Gasteiger partial charge in [-0.15, -0.1) is 10.2 Å². The molecule has 0 atom stereocenters. The molecular weight excluding hydrogens is 315 g/mol. The Kier molecular flexibility index (Phi) is 3.27. The van der Waals surface area contributed by atoms with Crippen molar-refractivity contribution in [1.82, 2.24) is 19.8 Å². The highest BCUT2D eigenvalue weighted by Crippen LogP contribution is 2.29. The molecule has 4 aromatic rings. The first-order valence-corrected chi connectivity index (χ1v) is 7.69. The average Bonchev–Trinajstić information content (AvgIpc) is 3.15. The zero-order chi connectivity index (χ0) is 15.8. The Labute approximate surface area is 135 Å². The van der Waals surface area contributed by atoms with Gasteiger partial charge in [0.2, 0.25) is 4.96 Å². The molecule has 0 radical (unpaired) electrons. The molecule has 7 heteroatoms. The summed E-state index contributed by atoms with van der Waals surface area (Å²) >= 11 is 1.42. The molecule has 114 valence electrons. The lowest BCUT2D eigenvalue weighted by Crippen LogP contribution is -1.91. The maximum Gasteiger partial charge on any atom is 0.235 e. The number of nitrogens with zero attached hydrogens (tertiary/aromatic N) is 4. The lowest BCUT2D eigenvalue weighted by atomic mass is 10.2. The molecule has 4 rings (SSSR count). The van der Waals surface area contributed by atoms with Gasteiger partial charge < -0.3 is 4.74 Å². The van der Waals surface area contributed by atoms with Gasteiger partial charge in [0.25, 0.3) is 0 Å². The molecule has 2 aromatic heterocycles. The third-order valence-electron chi connectivity index (χ3n) is 3.39. The van der Waals surface area contributed by atoms with Crippen molar-refractivity contribution in [3.05, 3.63) is 54.3 Å². The van der Waals surface area contributed by atoms with E-state index in [1.807, 2.05) is 24.3 Å². The van der Waals surface area contributed by atoms with Crippen molar-refractivity contribution < 1.29 is 9.13 Å². The number of fused-ring (bicyclic) bond motifs is 1. The molecule has 0 saturated heterocycles. The third kappa shape index (κ3) is 2.44. The van der Waals surface area contributed by atoms with E-state index in [9.17, 15) is 4.39 Å². The smallest absolute Gasteiger partial charge is 0.235 e. The van der Waals surface area contributed by atoms with Gasteiger partial charge in [-0.1, -0.05) is 35.6 Å². The number of hydrogen-bond donors (Lipinski definition) is 0. The molecule has 0 spiro atoms. The number of benzene rings is 2. The second-order valence-corrected chi connectivity index (χ2v) is 5.82. The van der Waals surface area contributed by atoms with Gasteiger partial charge in [-0.3, -0.25) is 0 Å². The van der Waals surface area contributed by atoms with Crippen LogP contribution in [0.25, 0.3) is 26.9 Å². The van der Waals surface area contributed by atoms with E-state index in [-0.39, 0.29) is 5.82 Å². The number of ether oxygens (including phenoxy) is 1. The Bertz CT molecular complexity index is 995.